The first-order valence-corrected chi connectivity index (χ1v) is 7.83. The molecule has 1 aliphatic rings. The molecule has 0 radical (unpaired) electrons. The van der Waals surface area contributed by atoms with Crippen molar-refractivity contribution in [1.29, 1.82) is 0 Å². The van der Waals surface area contributed by atoms with Crippen LogP contribution in [0.5, 0.6) is 0 Å². The summed E-state index contributed by atoms with van der Waals surface area (Å²) in [6, 6.07) is 6.27. The van der Waals surface area contributed by atoms with Gasteiger partial charge < -0.3 is 13.8 Å². The number of carbonyl (C=O) groups excluding carboxylic acids is 1. The third-order valence-electron chi connectivity index (χ3n) is 4.19. The third kappa shape index (κ3) is 2.84. The summed E-state index contributed by atoms with van der Waals surface area (Å²) < 4.78 is 11.6. The van der Waals surface area contributed by atoms with Gasteiger partial charge in [-0.05, 0) is 24.6 Å². The van der Waals surface area contributed by atoms with Crippen molar-refractivity contribution in [2.24, 2.45) is 7.05 Å². The highest BCUT2D eigenvalue weighted by Crippen LogP contribution is 2.28. The van der Waals surface area contributed by atoms with Crippen LogP contribution in [-0.4, -0.2) is 43.8 Å². The van der Waals surface area contributed by atoms with Crippen molar-refractivity contribution in [1.82, 2.24) is 24.8 Å². The lowest BCUT2D eigenvalue weighted by molar-refractivity contribution is 0.0782. The Labute approximate surface area is 141 Å². The molecule has 1 amide bonds. The van der Waals surface area contributed by atoms with Crippen LogP contribution in [0.1, 0.15) is 28.7 Å². The van der Waals surface area contributed by atoms with Gasteiger partial charge in [-0.1, -0.05) is 5.16 Å². The number of aryl methyl sites for hydroxylation is 1. The van der Waals surface area contributed by atoms with Crippen LogP contribution in [0.2, 0.25) is 0 Å². The largest absolute Gasteiger partial charge is 0.459 e. The number of hydrogen-bond donors (Lipinski definition) is 0. The van der Waals surface area contributed by atoms with E-state index in [4.69, 9.17) is 8.94 Å². The van der Waals surface area contributed by atoms with Gasteiger partial charge >= 0.3 is 0 Å². The van der Waals surface area contributed by atoms with Gasteiger partial charge in [0, 0.05) is 32.1 Å². The Hall–Kier alpha value is -3.23. The Kier molecular flexibility index (Phi) is 3.68. The van der Waals surface area contributed by atoms with Crippen molar-refractivity contribution < 1.29 is 13.7 Å². The van der Waals surface area contributed by atoms with Gasteiger partial charge in [0.1, 0.15) is 5.69 Å². The molecule has 4 heterocycles. The minimum atomic E-state index is -0.256. The topological polar surface area (TPSA) is 107 Å². The van der Waals surface area contributed by atoms with Crippen LogP contribution in [0.3, 0.4) is 0 Å². The van der Waals surface area contributed by atoms with Crippen LogP contribution in [0, 0.1) is 0 Å². The number of amides is 1. The van der Waals surface area contributed by atoms with Crippen LogP contribution < -0.4 is 5.56 Å². The lowest BCUT2D eigenvalue weighted by atomic mass is 10.1. The maximum atomic E-state index is 12.5. The molecule has 0 aromatic carbocycles. The van der Waals surface area contributed by atoms with Crippen molar-refractivity contribution in [2.75, 3.05) is 13.1 Å². The average Bonchev–Trinajstić information content (AvgIpc) is 3.36. The molecule has 3 aromatic heterocycles. The van der Waals surface area contributed by atoms with E-state index < -0.39 is 0 Å². The maximum Gasteiger partial charge on any atom is 0.293 e. The molecule has 1 saturated heterocycles. The molecular formula is C16H15N5O4. The van der Waals surface area contributed by atoms with Crippen molar-refractivity contribution in [3.05, 3.63) is 52.4 Å². The number of hydrogen-bond acceptors (Lipinski definition) is 7. The van der Waals surface area contributed by atoms with E-state index in [-0.39, 0.29) is 23.1 Å². The Morgan fingerprint density at radius 1 is 1.32 bits per heavy atom. The summed E-state index contributed by atoms with van der Waals surface area (Å²) in [5.74, 6) is 1.16. The van der Waals surface area contributed by atoms with E-state index in [1.54, 1.807) is 17.0 Å². The number of carbonyl (C=O) groups is 1. The molecule has 1 aliphatic heterocycles. The summed E-state index contributed by atoms with van der Waals surface area (Å²) in [5, 5.41) is 8.00. The second kappa shape index (κ2) is 6.00. The van der Waals surface area contributed by atoms with Gasteiger partial charge in [0.2, 0.25) is 0 Å². The molecular weight excluding hydrogens is 326 g/mol. The van der Waals surface area contributed by atoms with Gasteiger partial charge in [0.15, 0.2) is 11.6 Å². The van der Waals surface area contributed by atoms with Crippen molar-refractivity contribution in [3.8, 4) is 11.7 Å². The predicted octanol–water partition coefficient (Wildman–Crippen LogP) is 1.05. The second-order valence-electron chi connectivity index (χ2n) is 5.85. The van der Waals surface area contributed by atoms with E-state index in [2.05, 4.69) is 15.2 Å². The van der Waals surface area contributed by atoms with Crippen LogP contribution in [-0.2, 0) is 7.05 Å². The molecule has 9 nitrogen and oxygen atoms in total. The first-order chi connectivity index (χ1) is 12.1. The molecule has 0 bridgehead atoms. The van der Waals surface area contributed by atoms with Gasteiger partial charge in [-0.15, -0.1) is 0 Å². The fourth-order valence-electron chi connectivity index (χ4n) is 2.83. The number of aromatic nitrogens is 4. The van der Waals surface area contributed by atoms with E-state index in [9.17, 15) is 9.59 Å². The number of nitrogens with zero attached hydrogens (tertiary/aromatic N) is 5. The Morgan fingerprint density at radius 2 is 2.20 bits per heavy atom. The molecule has 1 unspecified atom stereocenters. The molecule has 25 heavy (non-hydrogen) atoms. The lowest BCUT2D eigenvalue weighted by Crippen LogP contribution is -2.31. The standard InChI is InChI=1S/C16H15N5O4/c1-20-13(22)5-4-11(18-20)16(23)21-7-6-10(9-21)14-17-15(25-19-14)12-3-2-8-24-12/h2-5,8,10H,6-7,9H2,1H3. The van der Waals surface area contributed by atoms with Crippen LogP contribution in [0.25, 0.3) is 11.7 Å². The normalized spacial score (nSPS) is 17.2. The highest BCUT2D eigenvalue weighted by Gasteiger charge is 2.32. The lowest BCUT2D eigenvalue weighted by Gasteiger charge is -2.15. The van der Waals surface area contributed by atoms with Crippen LogP contribution >= 0.6 is 0 Å². The summed E-state index contributed by atoms with van der Waals surface area (Å²) in [6.07, 6.45) is 2.27. The highest BCUT2D eigenvalue weighted by atomic mass is 16.5. The minimum absolute atomic E-state index is 0.0102. The Bertz CT molecular complexity index is 959. The maximum absolute atomic E-state index is 12.5. The van der Waals surface area contributed by atoms with E-state index >= 15 is 0 Å². The molecule has 0 saturated carbocycles. The molecule has 1 atom stereocenters. The SMILES string of the molecule is Cn1nc(C(=O)N2CCC(c3noc(-c4ccco4)n3)C2)ccc1=O. The van der Waals surface area contributed by atoms with E-state index in [0.717, 1.165) is 11.1 Å². The zero-order valence-corrected chi connectivity index (χ0v) is 13.5. The van der Waals surface area contributed by atoms with Gasteiger partial charge in [-0.3, -0.25) is 9.59 Å². The van der Waals surface area contributed by atoms with Crippen molar-refractivity contribution in [3.63, 3.8) is 0 Å². The predicted molar refractivity (Wildman–Crippen MR) is 84.7 cm³/mol. The quantitative estimate of drug-likeness (QED) is 0.701. The molecule has 0 aliphatic carbocycles. The number of furan rings is 1. The second-order valence-corrected chi connectivity index (χ2v) is 5.85. The van der Waals surface area contributed by atoms with E-state index in [1.807, 2.05) is 0 Å². The summed E-state index contributed by atoms with van der Waals surface area (Å²) in [4.78, 5) is 30.0. The fourth-order valence-corrected chi connectivity index (χ4v) is 2.83. The van der Waals surface area contributed by atoms with Gasteiger partial charge in [-0.25, -0.2) is 4.68 Å². The molecule has 9 heteroatoms. The summed E-state index contributed by atoms with van der Waals surface area (Å²) >= 11 is 0. The summed E-state index contributed by atoms with van der Waals surface area (Å²) in [7, 11) is 1.52. The van der Waals surface area contributed by atoms with Crippen molar-refractivity contribution >= 4 is 5.91 Å². The Balaban J connectivity index is 1.48. The zero-order chi connectivity index (χ0) is 17.4. The first kappa shape index (κ1) is 15.3. The molecule has 4 rings (SSSR count). The van der Waals surface area contributed by atoms with E-state index in [1.165, 1.54) is 25.4 Å². The first-order valence-electron chi connectivity index (χ1n) is 7.83. The summed E-state index contributed by atoms with van der Waals surface area (Å²) in [6.45, 7) is 1.04. The molecule has 0 spiro atoms. The number of rotatable bonds is 3. The molecule has 128 valence electrons. The average molecular weight is 341 g/mol. The monoisotopic (exact) mass is 341 g/mol. The van der Waals surface area contributed by atoms with E-state index in [0.29, 0.717) is 30.6 Å². The summed E-state index contributed by atoms with van der Waals surface area (Å²) in [5.41, 5.74) is -0.0137. The Morgan fingerprint density at radius 3 is 2.96 bits per heavy atom. The van der Waals surface area contributed by atoms with Gasteiger partial charge in [0.05, 0.1) is 6.26 Å². The smallest absolute Gasteiger partial charge is 0.293 e. The van der Waals surface area contributed by atoms with Crippen molar-refractivity contribution in [2.45, 2.75) is 12.3 Å². The highest BCUT2D eigenvalue weighted by molar-refractivity contribution is 5.92. The van der Waals surface area contributed by atoms with Gasteiger partial charge in [-0.2, -0.15) is 10.1 Å². The van der Waals surface area contributed by atoms with Gasteiger partial charge in [0.25, 0.3) is 17.4 Å². The third-order valence-corrected chi connectivity index (χ3v) is 4.19. The van der Waals surface area contributed by atoms with Crippen LogP contribution in [0.4, 0.5) is 0 Å². The molecule has 3 aromatic rings. The molecule has 1 fully saturated rings. The number of likely N-dealkylation sites (tertiary alicyclic amines) is 1. The van der Waals surface area contributed by atoms with Crippen LogP contribution in [0.15, 0.2) is 44.3 Å². The zero-order valence-electron chi connectivity index (χ0n) is 13.5. The molecule has 0 N–H and O–H groups in total. The minimum Gasteiger partial charge on any atom is -0.459 e. The fraction of sp³-hybridized carbons (Fsp3) is 0.312.